The Hall–Kier alpha value is -0.560. The number of hydrogen-bond donors (Lipinski definition) is 0. The van der Waals surface area contributed by atoms with Crippen molar-refractivity contribution in [3.8, 4) is 0 Å². The van der Waals surface area contributed by atoms with Gasteiger partial charge in [0.1, 0.15) is 18.4 Å². The molecule has 2 saturated heterocycles. The summed E-state index contributed by atoms with van der Waals surface area (Å²) in [4.78, 5) is 12.5. The van der Waals surface area contributed by atoms with Crippen LogP contribution in [0, 0.1) is 0 Å². The van der Waals surface area contributed by atoms with Crippen molar-refractivity contribution < 1.29 is 28.1 Å². The molecule has 0 aromatic carbocycles. The van der Waals surface area contributed by atoms with Crippen molar-refractivity contribution in [2.45, 2.75) is 69.6 Å². The molecule has 108 valence electrons. The minimum Gasteiger partial charge on any atom is -0.344 e. The summed E-state index contributed by atoms with van der Waals surface area (Å²) in [6.07, 6.45) is -1.84. The zero-order valence-corrected chi connectivity index (χ0v) is 11.6. The molecule has 1 aliphatic carbocycles. The molecule has 0 unspecified atom stereocenters. The van der Waals surface area contributed by atoms with E-state index >= 15 is 0 Å². The fourth-order valence-electron chi connectivity index (χ4n) is 3.29. The van der Waals surface area contributed by atoms with Crippen molar-refractivity contribution in [3.63, 3.8) is 0 Å². The molecule has 0 aromatic heterocycles. The topological polar surface area (TPSA) is 54.0 Å². The molecule has 0 aromatic rings. The highest BCUT2D eigenvalue weighted by atomic mass is 19.1. The molecule has 2 aliphatic heterocycles. The van der Waals surface area contributed by atoms with Crippen LogP contribution in [-0.4, -0.2) is 47.9 Å². The summed E-state index contributed by atoms with van der Waals surface area (Å²) < 4.78 is 36.1. The fraction of sp³-hybridized carbons (Fsp3) is 0.923. The van der Waals surface area contributed by atoms with Crippen LogP contribution in [0.3, 0.4) is 0 Å². The van der Waals surface area contributed by atoms with Crippen molar-refractivity contribution in [1.29, 1.82) is 0 Å². The van der Waals surface area contributed by atoms with Gasteiger partial charge in [0, 0.05) is 6.42 Å². The molecule has 5 nitrogen and oxygen atoms in total. The van der Waals surface area contributed by atoms with E-state index in [4.69, 9.17) is 18.9 Å². The third-order valence-electron chi connectivity index (χ3n) is 3.82. The predicted octanol–water partition coefficient (Wildman–Crippen LogP) is 1.34. The first kappa shape index (κ1) is 13.4. The molecular formula is C13H19FO5. The lowest BCUT2D eigenvalue weighted by Crippen LogP contribution is -2.59. The molecular weight excluding hydrogens is 255 g/mol. The van der Waals surface area contributed by atoms with Gasteiger partial charge in [0.2, 0.25) is 0 Å². The molecule has 6 heteroatoms. The van der Waals surface area contributed by atoms with Crippen molar-refractivity contribution in [3.05, 3.63) is 0 Å². The molecule has 0 bridgehead atoms. The Morgan fingerprint density at radius 3 is 2.47 bits per heavy atom. The van der Waals surface area contributed by atoms with Crippen LogP contribution in [0.15, 0.2) is 0 Å². The lowest BCUT2D eigenvalue weighted by Gasteiger charge is -2.37. The van der Waals surface area contributed by atoms with Gasteiger partial charge in [-0.25, -0.2) is 4.39 Å². The largest absolute Gasteiger partial charge is 0.344 e. The molecule has 0 N–H and O–H groups in total. The van der Waals surface area contributed by atoms with Crippen molar-refractivity contribution in [2.75, 3.05) is 6.67 Å². The van der Waals surface area contributed by atoms with Gasteiger partial charge in [-0.2, -0.15) is 0 Å². The maximum Gasteiger partial charge on any atom is 0.196 e. The Morgan fingerprint density at radius 2 is 1.84 bits per heavy atom. The summed E-state index contributed by atoms with van der Waals surface area (Å²) >= 11 is 0. The molecule has 2 heterocycles. The zero-order chi connectivity index (χ0) is 14.1. The second-order valence-electron chi connectivity index (χ2n) is 6.40. The van der Waals surface area contributed by atoms with E-state index in [1.54, 1.807) is 27.7 Å². The van der Waals surface area contributed by atoms with E-state index in [9.17, 15) is 9.18 Å². The van der Waals surface area contributed by atoms with Gasteiger partial charge in [0.25, 0.3) is 0 Å². The van der Waals surface area contributed by atoms with Crippen LogP contribution in [0.1, 0.15) is 34.1 Å². The molecule has 4 atom stereocenters. The van der Waals surface area contributed by atoms with Gasteiger partial charge < -0.3 is 18.9 Å². The number of ketones is 1. The van der Waals surface area contributed by atoms with Crippen molar-refractivity contribution in [1.82, 2.24) is 0 Å². The standard InChI is InChI=1S/C13H19FO5/c1-11(2)16-7-5-13(6-14)10(8(15)9(7)17-11)18-12(3,4)19-13/h7,9-10H,5-6H2,1-4H3/t7-,9-,10+,13+/m1/s1. The number of fused-ring (bicyclic) bond motifs is 2. The van der Waals surface area contributed by atoms with E-state index in [2.05, 4.69) is 0 Å². The number of carbonyl (C=O) groups excluding carboxylic acids is 1. The highest BCUT2D eigenvalue weighted by Gasteiger charge is 2.65. The molecule has 3 rings (SSSR count). The molecule has 19 heavy (non-hydrogen) atoms. The Labute approximate surface area is 111 Å². The van der Waals surface area contributed by atoms with Gasteiger partial charge in [-0.05, 0) is 27.7 Å². The lowest BCUT2D eigenvalue weighted by atomic mass is 9.79. The van der Waals surface area contributed by atoms with E-state index < -0.39 is 42.2 Å². The van der Waals surface area contributed by atoms with Crippen LogP contribution in [0.25, 0.3) is 0 Å². The average Bonchev–Trinajstić information content (AvgIpc) is 2.72. The van der Waals surface area contributed by atoms with Crippen LogP contribution >= 0.6 is 0 Å². The Bertz CT molecular complexity index is 421. The summed E-state index contributed by atoms with van der Waals surface area (Å²) in [5, 5.41) is 0. The summed E-state index contributed by atoms with van der Waals surface area (Å²) in [7, 11) is 0. The number of halogens is 1. The Balaban J connectivity index is 1.94. The minimum atomic E-state index is -1.24. The van der Waals surface area contributed by atoms with Crippen LogP contribution in [0.5, 0.6) is 0 Å². The maximum absolute atomic E-state index is 13.5. The monoisotopic (exact) mass is 274 g/mol. The normalized spacial score (nSPS) is 47.0. The smallest absolute Gasteiger partial charge is 0.196 e. The van der Waals surface area contributed by atoms with E-state index in [0.29, 0.717) is 0 Å². The predicted molar refractivity (Wildman–Crippen MR) is 62.2 cm³/mol. The van der Waals surface area contributed by atoms with Crippen molar-refractivity contribution in [2.24, 2.45) is 0 Å². The molecule has 3 aliphatic rings. The van der Waals surface area contributed by atoms with Gasteiger partial charge >= 0.3 is 0 Å². The van der Waals surface area contributed by atoms with Gasteiger partial charge in [-0.15, -0.1) is 0 Å². The minimum absolute atomic E-state index is 0.261. The fourth-order valence-corrected chi connectivity index (χ4v) is 3.29. The number of hydrogen-bond acceptors (Lipinski definition) is 5. The molecule has 1 saturated carbocycles. The second-order valence-corrected chi connectivity index (χ2v) is 6.40. The summed E-state index contributed by atoms with van der Waals surface area (Å²) in [5.74, 6) is -2.10. The number of Topliss-reactive ketones (excluding diaryl/α,β-unsaturated/α-hetero) is 1. The molecule has 3 fully saturated rings. The average molecular weight is 274 g/mol. The first-order chi connectivity index (χ1) is 8.68. The van der Waals surface area contributed by atoms with Crippen LogP contribution in [0.4, 0.5) is 4.39 Å². The third-order valence-corrected chi connectivity index (χ3v) is 3.82. The Morgan fingerprint density at radius 1 is 1.16 bits per heavy atom. The summed E-state index contributed by atoms with van der Waals surface area (Å²) in [6, 6.07) is 0. The molecule has 0 radical (unpaired) electrons. The van der Waals surface area contributed by atoms with Gasteiger partial charge in [0.05, 0.1) is 6.10 Å². The lowest BCUT2D eigenvalue weighted by molar-refractivity contribution is -0.179. The first-order valence-corrected chi connectivity index (χ1v) is 6.51. The quantitative estimate of drug-likeness (QED) is 0.722. The molecule has 0 amide bonds. The number of rotatable bonds is 1. The highest BCUT2D eigenvalue weighted by Crippen LogP contribution is 2.48. The number of carbonyl (C=O) groups is 1. The Kier molecular flexibility index (Phi) is 2.65. The number of alkyl halides is 1. The van der Waals surface area contributed by atoms with Gasteiger partial charge in [-0.3, -0.25) is 4.79 Å². The molecule has 0 spiro atoms. The first-order valence-electron chi connectivity index (χ1n) is 6.51. The van der Waals surface area contributed by atoms with Crippen LogP contribution in [0.2, 0.25) is 0 Å². The van der Waals surface area contributed by atoms with E-state index in [-0.39, 0.29) is 12.2 Å². The SMILES string of the molecule is CC1(C)O[C@@H]2C[C@@]3(CF)OC(C)(C)O[C@H]3C(=O)[C@@H]2O1. The van der Waals surface area contributed by atoms with E-state index in [1.165, 1.54) is 0 Å². The van der Waals surface area contributed by atoms with Crippen molar-refractivity contribution >= 4 is 5.78 Å². The van der Waals surface area contributed by atoms with E-state index in [1.807, 2.05) is 0 Å². The third kappa shape index (κ3) is 1.93. The van der Waals surface area contributed by atoms with Gasteiger partial charge in [0.15, 0.2) is 23.5 Å². The van der Waals surface area contributed by atoms with Crippen LogP contribution in [-0.2, 0) is 23.7 Å². The van der Waals surface area contributed by atoms with Crippen LogP contribution < -0.4 is 0 Å². The zero-order valence-electron chi connectivity index (χ0n) is 11.6. The highest BCUT2D eigenvalue weighted by molar-refractivity contribution is 5.91. The maximum atomic E-state index is 13.5. The summed E-state index contributed by atoms with van der Waals surface area (Å²) in [5.41, 5.74) is -1.24. The van der Waals surface area contributed by atoms with Gasteiger partial charge in [-0.1, -0.05) is 0 Å². The number of ether oxygens (including phenoxy) is 4. The second kappa shape index (κ2) is 3.75. The summed E-state index contributed by atoms with van der Waals surface area (Å²) in [6.45, 7) is 6.05. The van der Waals surface area contributed by atoms with E-state index in [0.717, 1.165) is 0 Å².